The SMILES string of the molecule is Cc1ccc(NC(=O)C2CCCN(S(=O)(=O)Cc3ccc(Cl)cc3Cl)C2)c(C)c1. The van der Waals surface area contributed by atoms with E-state index in [-0.39, 0.29) is 24.1 Å². The van der Waals surface area contributed by atoms with Crippen LogP contribution in [0.3, 0.4) is 0 Å². The minimum Gasteiger partial charge on any atom is -0.326 e. The van der Waals surface area contributed by atoms with Crippen molar-refractivity contribution in [1.82, 2.24) is 4.31 Å². The van der Waals surface area contributed by atoms with E-state index in [1.807, 2.05) is 32.0 Å². The summed E-state index contributed by atoms with van der Waals surface area (Å²) in [6, 6.07) is 10.6. The summed E-state index contributed by atoms with van der Waals surface area (Å²) < 4.78 is 27.2. The minimum absolute atomic E-state index is 0.152. The molecule has 1 atom stereocenters. The highest BCUT2D eigenvalue weighted by Crippen LogP contribution is 2.27. The fraction of sp³-hybridized carbons (Fsp3) is 0.381. The van der Waals surface area contributed by atoms with Crippen molar-refractivity contribution >= 4 is 44.8 Å². The Labute approximate surface area is 182 Å². The molecule has 1 aliphatic rings. The molecule has 29 heavy (non-hydrogen) atoms. The fourth-order valence-corrected chi connectivity index (χ4v) is 5.72. The molecule has 1 aliphatic heterocycles. The minimum atomic E-state index is -3.60. The average Bonchev–Trinajstić information content (AvgIpc) is 2.66. The lowest BCUT2D eigenvalue weighted by Crippen LogP contribution is -2.44. The fourth-order valence-electron chi connectivity index (χ4n) is 3.52. The number of nitrogens with one attached hydrogen (secondary N) is 1. The molecule has 1 fully saturated rings. The molecule has 1 amide bonds. The molecule has 1 N–H and O–H groups in total. The number of sulfonamides is 1. The highest BCUT2D eigenvalue weighted by atomic mass is 35.5. The topological polar surface area (TPSA) is 66.5 Å². The molecule has 0 aromatic heterocycles. The van der Waals surface area contributed by atoms with Crippen molar-refractivity contribution in [3.8, 4) is 0 Å². The number of piperidine rings is 1. The van der Waals surface area contributed by atoms with Crippen molar-refractivity contribution < 1.29 is 13.2 Å². The van der Waals surface area contributed by atoms with Crippen molar-refractivity contribution in [1.29, 1.82) is 0 Å². The molecule has 0 radical (unpaired) electrons. The number of rotatable bonds is 5. The first-order valence-corrected chi connectivity index (χ1v) is 11.8. The second-order valence-corrected chi connectivity index (χ2v) is 10.3. The van der Waals surface area contributed by atoms with Gasteiger partial charge in [-0.2, -0.15) is 0 Å². The number of amides is 1. The predicted molar refractivity (Wildman–Crippen MR) is 118 cm³/mol. The molecule has 8 heteroatoms. The van der Waals surface area contributed by atoms with Crippen LogP contribution in [-0.4, -0.2) is 31.7 Å². The number of benzene rings is 2. The lowest BCUT2D eigenvalue weighted by Gasteiger charge is -2.31. The normalized spacial score (nSPS) is 17.9. The Morgan fingerprint density at radius 2 is 1.93 bits per heavy atom. The predicted octanol–water partition coefficient (Wildman–Crippen LogP) is 4.79. The molecular weight excluding hydrogens is 431 g/mol. The second kappa shape index (κ2) is 9.04. The zero-order chi connectivity index (χ0) is 21.2. The van der Waals surface area contributed by atoms with Crippen LogP contribution in [0.15, 0.2) is 36.4 Å². The first-order valence-electron chi connectivity index (χ1n) is 9.45. The molecule has 0 spiro atoms. The van der Waals surface area contributed by atoms with Crippen molar-refractivity contribution in [3.05, 3.63) is 63.1 Å². The van der Waals surface area contributed by atoms with E-state index in [0.29, 0.717) is 35.0 Å². The molecular formula is C21H24Cl2N2O3S. The smallest absolute Gasteiger partial charge is 0.228 e. The molecule has 3 rings (SSSR count). The van der Waals surface area contributed by atoms with E-state index in [1.54, 1.807) is 12.1 Å². The second-order valence-electron chi connectivity index (χ2n) is 7.50. The highest BCUT2D eigenvalue weighted by molar-refractivity contribution is 7.88. The number of carbonyl (C=O) groups excluding carboxylic acids is 1. The first kappa shape index (κ1) is 22.1. The van der Waals surface area contributed by atoms with Crippen LogP contribution in [0.25, 0.3) is 0 Å². The van der Waals surface area contributed by atoms with Gasteiger partial charge in [0.15, 0.2) is 0 Å². The van der Waals surface area contributed by atoms with Gasteiger partial charge < -0.3 is 5.32 Å². The zero-order valence-corrected chi connectivity index (χ0v) is 18.7. The van der Waals surface area contributed by atoms with Crippen molar-refractivity contribution in [2.75, 3.05) is 18.4 Å². The lowest BCUT2D eigenvalue weighted by atomic mass is 9.98. The van der Waals surface area contributed by atoms with Gasteiger partial charge in [-0.15, -0.1) is 0 Å². The van der Waals surface area contributed by atoms with Crippen LogP contribution in [0.5, 0.6) is 0 Å². The molecule has 156 valence electrons. The van der Waals surface area contributed by atoms with Gasteiger partial charge in [-0.05, 0) is 56.0 Å². The Hall–Kier alpha value is -1.60. The summed E-state index contributed by atoms with van der Waals surface area (Å²) in [4.78, 5) is 12.8. The zero-order valence-electron chi connectivity index (χ0n) is 16.4. The Kier molecular flexibility index (Phi) is 6.89. The van der Waals surface area contributed by atoms with Crippen LogP contribution in [0.2, 0.25) is 10.0 Å². The van der Waals surface area contributed by atoms with Crippen LogP contribution in [0.1, 0.15) is 29.5 Å². The summed E-state index contributed by atoms with van der Waals surface area (Å²) in [5.74, 6) is -0.754. The van der Waals surface area contributed by atoms with E-state index in [2.05, 4.69) is 5.32 Å². The van der Waals surface area contributed by atoms with E-state index in [9.17, 15) is 13.2 Å². The van der Waals surface area contributed by atoms with Crippen LogP contribution in [-0.2, 0) is 20.6 Å². The monoisotopic (exact) mass is 454 g/mol. The number of nitrogens with zero attached hydrogens (tertiary/aromatic N) is 1. The van der Waals surface area contributed by atoms with Crippen LogP contribution in [0, 0.1) is 19.8 Å². The Bertz CT molecular complexity index is 1020. The van der Waals surface area contributed by atoms with E-state index in [0.717, 1.165) is 16.8 Å². The summed E-state index contributed by atoms with van der Waals surface area (Å²) in [6.07, 6.45) is 1.29. The molecule has 0 bridgehead atoms. The first-order chi connectivity index (χ1) is 13.7. The number of hydrogen-bond acceptors (Lipinski definition) is 3. The molecule has 1 heterocycles. The van der Waals surface area contributed by atoms with Gasteiger partial charge in [-0.25, -0.2) is 12.7 Å². The molecule has 5 nitrogen and oxygen atoms in total. The van der Waals surface area contributed by atoms with E-state index >= 15 is 0 Å². The van der Waals surface area contributed by atoms with E-state index in [1.165, 1.54) is 10.4 Å². The van der Waals surface area contributed by atoms with E-state index in [4.69, 9.17) is 23.2 Å². The summed E-state index contributed by atoms with van der Waals surface area (Å²) in [6.45, 7) is 4.51. The van der Waals surface area contributed by atoms with E-state index < -0.39 is 10.0 Å². The lowest BCUT2D eigenvalue weighted by molar-refractivity contribution is -0.120. The Morgan fingerprint density at radius 1 is 1.17 bits per heavy atom. The number of carbonyl (C=O) groups is 1. The summed E-state index contributed by atoms with van der Waals surface area (Å²) in [5, 5.41) is 3.73. The third-order valence-corrected chi connectivity index (χ3v) is 7.52. The quantitative estimate of drug-likeness (QED) is 0.705. The van der Waals surface area contributed by atoms with Gasteiger partial charge >= 0.3 is 0 Å². The van der Waals surface area contributed by atoms with Crippen LogP contribution in [0.4, 0.5) is 5.69 Å². The van der Waals surface area contributed by atoms with Gasteiger partial charge in [-0.3, -0.25) is 4.79 Å². The number of hydrogen-bond donors (Lipinski definition) is 1. The Morgan fingerprint density at radius 3 is 2.62 bits per heavy atom. The molecule has 0 aliphatic carbocycles. The number of anilines is 1. The van der Waals surface area contributed by atoms with Crippen molar-refractivity contribution in [2.24, 2.45) is 5.92 Å². The summed E-state index contributed by atoms with van der Waals surface area (Å²) in [5.41, 5.74) is 3.36. The van der Waals surface area contributed by atoms with Gasteiger partial charge in [-0.1, -0.05) is 47.0 Å². The van der Waals surface area contributed by atoms with Gasteiger partial charge in [0, 0.05) is 28.8 Å². The third-order valence-electron chi connectivity index (χ3n) is 5.14. The summed E-state index contributed by atoms with van der Waals surface area (Å²) in [7, 11) is -3.60. The number of aryl methyl sites for hydroxylation is 2. The Balaban J connectivity index is 1.69. The van der Waals surface area contributed by atoms with Crippen LogP contribution >= 0.6 is 23.2 Å². The maximum atomic E-state index is 12.9. The standard InChI is InChI=1S/C21H24Cl2N2O3S/c1-14-5-8-20(15(2)10-14)24-21(26)16-4-3-9-25(12-16)29(27,28)13-17-6-7-18(22)11-19(17)23/h5-8,10-11,16H,3-4,9,12-13H2,1-2H3,(H,24,26). The average molecular weight is 455 g/mol. The molecule has 0 saturated carbocycles. The molecule has 2 aromatic rings. The third kappa shape index (κ3) is 5.51. The molecule has 2 aromatic carbocycles. The number of halogens is 2. The van der Waals surface area contributed by atoms with Crippen molar-refractivity contribution in [3.63, 3.8) is 0 Å². The van der Waals surface area contributed by atoms with Gasteiger partial charge in [0.05, 0.1) is 11.7 Å². The van der Waals surface area contributed by atoms with Gasteiger partial charge in [0.1, 0.15) is 0 Å². The molecule has 1 unspecified atom stereocenters. The van der Waals surface area contributed by atoms with Gasteiger partial charge in [0.25, 0.3) is 0 Å². The highest BCUT2D eigenvalue weighted by Gasteiger charge is 2.33. The largest absolute Gasteiger partial charge is 0.326 e. The summed E-state index contributed by atoms with van der Waals surface area (Å²) >= 11 is 12.0. The molecule has 1 saturated heterocycles. The maximum Gasteiger partial charge on any atom is 0.228 e. The maximum absolute atomic E-state index is 12.9. The van der Waals surface area contributed by atoms with Crippen molar-refractivity contribution in [2.45, 2.75) is 32.4 Å². The van der Waals surface area contributed by atoms with Gasteiger partial charge in [0.2, 0.25) is 15.9 Å². The van der Waals surface area contributed by atoms with Crippen LogP contribution < -0.4 is 5.32 Å².